The first kappa shape index (κ1) is 15.2. The molecule has 0 bridgehead atoms. The highest BCUT2D eigenvalue weighted by Crippen LogP contribution is 2.29. The van der Waals surface area contributed by atoms with Gasteiger partial charge in [0.1, 0.15) is 5.51 Å². The van der Waals surface area contributed by atoms with Crippen molar-refractivity contribution in [2.24, 2.45) is 0 Å². The summed E-state index contributed by atoms with van der Waals surface area (Å²) in [5.41, 5.74) is 3.74. The quantitative estimate of drug-likeness (QED) is 0.721. The van der Waals surface area contributed by atoms with Crippen molar-refractivity contribution >= 4 is 46.0 Å². The van der Waals surface area contributed by atoms with Crippen LogP contribution in [0, 0.1) is 0 Å². The molecule has 2 heterocycles. The van der Waals surface area contributed by atoms with Gasteiger partial charge in [-0.3, -0.25) is 4.79 Å². The molecule has 3 rings (SSSR count). The zero-order valence-electron chi connectivity index (χ0n) is 11.6. The second-order valence-corrected chi connectivity index (χ2v) is 7.44. The monoisotopic (exact) mass is 347 g/mol. The van der Waals surface area contributed by atoms with Crippen LogP contribution < -0.4 is 5.32 Å². The Kier molecular flexibility index (Phi) is 5.20. The first-order valence-corrected chi connectivity index (χ1v) is 9.28. The van der Waals surface area contributed by atoms with Gasteiger partial charge in [0.05, 0.1) is 0 Å². The molecule has 112 valence electrons. The summed E-state index contributed by atoms with van der Waals surface area (Å²) in [7, 11) is 0. The van der Waals surface area contributed by atoms with Crippen LogP contribution in [0.2, 0.25) is 0 Å². The number of nitrogens with zero attached hydrogens (tertiary/aromatic N) is 2. The minimum Gasteiger partial charge on any atom is -0.326 e. The number of aryl methyl sites for hydroxylation is 1. The normalized spacial score (nSPS) is 10.5. The highest BCUT2D eigenvalue weighted by molar-refractivity contribution is 8.01. The van der Waals surface area contributed by atoms with E-state index in [1.807, 2.05) is 29.6 Å². The second kappa shape index (κ2) is 7.53. The fourth-order valence-electron chi connectivity index (χ4n) is 1.83. The van der Waals surface area contributed by atoms with E-state index in [1.54, 1.807) is 28.6 Å². The van der Waals surface area contributed by atoms with Gasteiger partial charge in [0, 0.05) is 17.0 Å². The molecule has 0 spiro atoms. The van der Waals surface area contributed by atoms with E-state index in [9.17, 15) is 4.79 Å². The van der Waals surface area contributed by atoms with Crippen LogP contribution in [0.4, 0.5) is 5.69 Å². The van der Waals surface area contributed by atoms with Crippen LogP contribution in [-0.4, -0.2) is 16.1 Å². The van der Waals surface area contributed by atoms with Gasteiger partial charge in [0.15, 0.2) is 4.34 Å². The molecule has 0 saturated heterocycles. The maximum Gasteiger partial charge on any atom is 0.224 e. The number of anilines is 1. The maximum atomic E-state index is 11.9. The summed E-state index contributed by atoms with van der Waals surface area (Å²) < 4.78 is 0.910. The minimum absolute atomic E-state index is 0.0377. The summed E-state index contributed by atoms with van der Waals surface area (Å²) in [6.45, 7) is 0. The topological polar surface area (TPSA) is 54.9 Å². The number of hydrogen-bond acceptors (Lipinski definition) is 6. The molecule has 7 heteroatoms. The third kappa shape index (κ3) is 4.40. The summed E-state index contributed by atoms with van der Waals surface area (Å²) in [4.78, 5) is 13.0. The van der Waals surface area contributed by atoms with Crippen molar-refractivity contribution < 1.29 is 4.79 Å². The summed E-state index contributed by atoms with van der Waals surface area (Å²) >= 11 is 4.73. The van der Waals surface area contributed by atoms with E-state index >= 15 is 0 Å². The van der Waals surface area contributed by atoms with Gasteiger partial charge in [-0.05, 0) is 53.1 Å². The number of amides is 1. The fraction of sp³-hybridized carbons (Fsp3) is 0.133. The molecule has 0 aliphatic heterocycles. The van der Waals surface area contributed by atoms with Gasteiger partial charge in [0.2, 0.25) is 5.91 Å². The molecule has 0 unspecified atom stereocenters. The smallest absolute Gasteiger partial charge is 0.224 e. The van der Waals surface area contributed by atoms with Crippen molar-refractivity contribution in [1.29, 1.82) is 0 Å². The second-order valence-electron chi connectivity index (χ2n) is 4.51. The van der Waals surface area contributed by atoms with Gasteiger partial charge in [-0.25, -0.2) is 0 Å². The highest BCUT2D eigenvalue weighted by atomic mass is 32.2. The standard InChI is InChI=1S/C15H13N3OS3/c19-14(6-1-11-7-8-20-9-11)17-12-2-4-13(5-3-12)22-15-18-16-10-21-15/h2-5,7-10H,1,6H2,(H,17,19). The molecular weight excluding hydrogens is 334 g/mol. The van der Waals surface area contributed by atoms with Crippen molar-refractivity contribution in [2.75, 3.05) is 5.32 Å². The molecule has 2 aromatic heterocycles. The zero-order chi connectivity index (χ0) is 15.2. The number of hydrogen-bond donors (Lipinski definition) is 1. The lowest BCUT2D eigenvalue weighted by atomic mass is 10.2. The van der Waals surface area contributed by atoms with Gasteiger partial charge in [-0.1, -0.05) is 23.1 Å². The average Bonchev–Trinajstić information content (AvgIpc) is 3.20. The fourth-order valence-corrected chi connectivity index (χ4v) is 3.98. The third-order valence-corrected chi connectivity index (χ3v) is 5.42. The predicted molar refractivity (Wildman–Crippen MR) is 91.7 cm³/mol. The largest absolute Gasteiger partial charge is 0.326 e. The average molecular weight is 347 g/mol. The molecular formula is C15H13N3OS3. The van der Waals surface area contributed by atoms with Crippen molar-refractivity contribution in [2.45, 2.75) is 22.1 Å². The molecule has 0 saturated carbocycles. The van der Waals surface area contributed by atoms with Crippen LogP contribution in [0.15, 0.2) is 55.8 Å². The van der Waals surface area contributed by atoms with Crippen molar-refractivity contribution in [3.8, 4) is 0 Å². The number of nitrogens with one attached hydrogen (secondary N) is 1. The van der Waals surface area contributed by atoms with Crippen LogP contribution in [0.25, 0.3) is 0 Å². The number of carbonyl (C=O) groups is 1. The van der Waals surface area contributed by atoms with Crippen LogP contribution in [0.1, 0.15) is 12.0 Å². The molecule has 1 N–H and O–H groups in total. The Morgan fingerprint density at radius 3 is 2.77 bits per heavy atom. The molecule has 0 aliphatic carbocycles. The molecule has 3 aromatic rings. The SMILES string of the molecule is O=C(CCc1ccsc1)Nc1ccc(Sc2nncs2)cc1. The Morgan fingerprint density at radius 1 is 1.23 bits per heavy atom. The maximum absolute atomic E-state index is 11.9. The van der Waals surface area contributed by atoms with E-state index in [2.05, 4.69) is 27.0 Å². The predicted octanol–water partition coefficient (Wildman–Crippen LogP) is 4.32. The van der Waals surface area contributed by atoms with E-state index in [-0.39, 0.29) is 5.91 Å². The van der Waals surface area contributed by atoms with Gasteiger partial charge < -0.3 is 5.32 Å². The van der Waals surface area contributed by atoms with E-state index < -0.39 is 0 Å². The molecule has 0 aliphatic rings. The lowest BCUT2D eigenvalue weighted by molar-refractivity contribution is -0.116. The van der Waals surface area contributed by atoms with Crippen LogP contribution in [0.5, 0.6) is 0 Å². The molecule has 1 aromatic carbocycles. The number of rotatable bonds is 6. The Labute approximate surface area is 140 Å². The Balaban J connectivity index is 1.51. The van der Waals surface area contributed by atoms with Crippen molar-refractivity contribution in [1.82, 2.24) is 10.2 Å². The number of thiophene rings is 1. The summed E-state index contributed by atoms with van der Waals surface area (Å²) in [6, 6.07) is 9.82. The van der Waals surface area contributed by atoms with Crippen LogP contribution >= 0.6 is 34.4 Å². The van der Waals surface area contributed by atoms with Crippen LogP contribution in [-0.2, 0) is 11.2 Å². The highest BCUT2D eigenvalue weighted by Gasteiger charge is 2.05. The summed E-state index contributed by atoms with van der Waals surface area (Å²) in [5, 5.41) is 14.8. The lowest BCUT2D eigenvalue weighted by Crippen LogP contribution is -2.12. The van der Waals surface area contributed by atoms with E-state index in [1.165, 1.54) is 16.9 Å². The Hall–Kier alpha value is -1.70. The van der Waals surface area contributed by atoms with Gasteiger partial charge in [-0.2, -0.15) is 11.3 Å². The lowest BCUT2D eigenvalue weighted by Gasteiger charge is -2.05. The van der Waals surface area contributed by atoms with Crippen LogP contribution in [0.3, 0.4) is 0 Å². The molecule has 0 atom stereocenters. The van der Waals surface area contributed by atoms with E-state index in [4.69, 9.17) is 0 Å². The Morgan fingerprint density at radius 2 is 2.09 bits per heavy atom. The number of benzene rings is 1. The van der Waals surface area contributed by atoms with Gasteiger partial charge in [-0.15, -0.1) is 10.2 Å². The Bertz CT molecular complexity index is 709. The van der Waals surface area contributed by atoms with Gasteiger partial charge in [0.25, 0.3) is 0 Å². The minimum atomic E-state index is 0.0377. The van der Waals surface area contributed by atoms with Crippen molar-refractivity contribution in [3.63, 3.8) is 0 Å². The summed E-state index contributed by atoms with van der Waals surface area (Å²) in [5.74, 6) is 0.0377. The number of carbonyl (C=O) groups excluding carboxylic acids is 1. The van der Waals surface area contributed by atoms with Crippen molar-refractivity contribution in [3.05, 3.63) is 52.2 Å². The van der Waals surface area contributed by atoms with Gasteiger partial charge >= 0.3 is 0 Å². The summed E-state index contributed by atoms with van der Waals surface area (Å²) in [6.07, 6.45) is 1.28. The third-order valence-electron chi connectivity index (χ3n) is 2.90. The molecule has 1 amide bonds. The molecule has 4 nitrogen and oxygen atoms in total. The first-order chi connectivity index (χ1) is 10.8. The molecule has 0 radical (unpaired) electrons. The van der Waals surface area contributed by atoms with E-state index in [0.29, 0.717) is 6.42 Å². The molecule has 0 fully saturated rings. The first-order valence-electron chi connectivity index (χ1n) is 6.64. The number of aromatic nitrogens is 2. The van der Waals surface area contributed by atoms with E-state index in [0.717, 1.165) is 21.3 Å². The molecule has 22 heavy (non-hydrogen) atoms. The zero-order valence-corrected chi connectivity index (χ0v) is 14.0.